The molecule has 0 bridgehead atoms. The van der Waals surface area contributed by atoms with Gasteiger partial charge in [-0.05, 0) is 31.2 Å². The molecule has 11 heteroatoms. The van der Waals surface area contributed by atoms with E-state index < -0.39 is 22.9 Å². The number of pyridine rings is 1. The zero-order chi connectivity index (χ0) is 21.9. The molecule has 2 rings (SSSR count). The van der Waals surface area contributed by atoms with Gasteiger partial charge >= 0.3 is 11.9 Å². The molecule has 1 aromatic heterocycles. The number of nitroso groups, excluding NO2 is 1. The van der Waals surface area contributed by atoms with E-state index in [1.54, 1.807) is 26.0 Å². The van der Waals surface area contributed by atoms with Crippen LogP contribution in [-0.2, 0) is 20.5 Å². The highest BCUT2D eigenvalue weighted by Gasteiger charge is 2.17. The lowest BCUT2D eigenvalue weighted by atomic mass is 10.2. The van der Waals surface area contributed by atoms with Crippen LogP contribution in [0.4, 0.5) is 5.69 Å². The van der Waals surface area contributed by atoms with Gasteiger partial charge in [0.15, 0.2) is 11.4 Å². The molecule has 1 N–H and O–H groups in total. The molecule has 1 heterocycles. The second-order valence-corrected chi connectivity index (χ2v) is 6.85. The van der Waals surface area contributed by atoms with Gasteiger partial charge in [-0.2, -0.15) is 0 Å². The third-order valence-electron chi connectivity index (χ3n) is 3.54. The summed E-state index contributed by atoms with van der Waals surface area (Å²) in [6.07, 6.45) is 0. The molecule has 30 heavy (non-hydrogen) atoms. The van der Waals surface area contributed by atoms with E-state index in [1.807, 2.05) is 0 Å². The number of hydrogen-bond donors (Lipinski definition) is 1. The van der Waals surface area contributed by atoms with E-state index in [0.29, 0.717) is 0 Å². The molecule has 1 aromatic carbocycles. The van der Waals surface area contributed by atoms with E-state index in [2.05, 4.69) is 14.9 Å². The number of carbonyl (C=O) groups excluding carboxylic acids is 2. The molecule has 0 aliphatic heterocycles. The van der Waals surface area contributed by atoms with Crippen LogP contribution in [0.25, 0.3) is 0 Å². The Morgan fingerprint density at radius 1 is 1.07 bits per heavy atom. The van der Waals surface area contributed by atoms with E-state index in [0.717, 1.165) is 0 Å². The standard InChI is InChI=1S/C19H21N3O7S/c1-3-27-18(23)15-11-13(12-16(21-15)19(24)28-4-2)29-10-9-20-30(26)17-8-6-5-7-14(17)22-25/h5-8,11-12,20H,3-4,9-10H2,1-2H3. The van der Waals surface area contributed by atoms with E-state index >= 15 is 0 Å². The maximum atomic E-state index is 12.3. The lowest BCUT2D eigenvalue weighted by Crippen LogP contribution is -2.23. The van der Waals surface area contributed by atoms with Crippen LogP contribution in [-0.4, -0.2) is 47.5 Å². The molecule has 0 radical (unpaired) electrons. The summed E-state index contributed by atoms with van der Waals surface area (Å²) >= 11 is 0. The average molecular weight is 435 g/mol. The molecule has 0 saturated heterocycles. The Morgan fingerprint density at radius 2 is 1.67 bits per heavy atom. The molecule has 0 fully saturated rings. The largest absolute Gasteiger partial charge is 0.492 e. The number of carbonyl (C=O) groups is 2. The molecule has 0 spiro atoms. The molecule has 0 aliphatic carbocycles. The Morgan fingerprint density at radius 3 is 2.23 bits per heavy atom. The van der Waals surface area contributed by atoms with Crippen LogP contribution in [0.3, 0.4) is 0 Å². The fourth-order valence-corrected chi connectivity index (χ4v) is 3.20. The van der Waals surface area contributed by atoms with E-state index in [9.17, 15) is 18.7 Å². The van der Waals surface area contributed by atoms with Gasteiger partial charge in [-0.1, -0.05) is 12.1 Å². The zero-order valence-corrected chi connectivity index (χ0v) is 17.3. The van der Waals surface area contributed by atoms with Crippen molar-refractivity contribution in [2.24, 2.45) is 5.18 Å². The van der Waals surface area contributed by atoms with Crippen LogP contribution in [0.5, 0.6) is 5.75 Å². The molecule has 2 aromatic rings. The molecular weight excluding hydrogens is 414 g/mol. The van der Waals surface area contributed by atoms with Crippen molar-refractivity contribution in [3.63, 3.8) is 0 Å². The van der Waals surface area contributed by atoms with Gasteiger partial charge in [-0.3, -0.25) is 0 Å². The summed E-state index contributed by atoms with van der Waals surface area (Å²) in [6, 6.07) is 8.92. The van der Waals surface area contributed by atoms with Crippen molar-refractivity contribution in [3.05, 3.63) is 52.7 Å². The average Bonchev–Trinajstić information content (AvgIpc) is 2.76. The topological polar surface area (TPSA) is 133 Å². The number of nitrogens with one attached hydrogen (secondary N) is 1. The van der Waals surface area contributed by atoms with Gasteiger partial charge < -0.3 is 14.2 Å². The van der Waals surface area contributed by atoms with Crippen molar-refractivity contribution in [1.82, 2.24) is 9.71 Å². The van der Waals surface area contributed by atoms with E-state index in [4.69, 9.17) is 14.2 Å². The van der Waals surface area contributed by atoms with Gasteiger partial charge in [-0.25, -0.2) is 23.5 Å². The van der Waals surface area contributed by atoms with Gasteiger partial charge in [0.05, 0.1) is 18.1 Å². The third kappa shape index (κ3) is 6.42. The lowest BCUT2D eigenvalue weighted by molar-refractivity contribution is 0.0510. The molecule has 160 valence electrons. The van der Waals surface area contributed by atoms with Crippen molar-refractivity contribution in [2.75, 3.05) is 26.4 Å². The normalized spacial score (nSPS) is 11.4. The van der Waals surface area contributed by atoms with Gasteiger partial charge in [0.25, 0.3) is 0 Å². The van der Waals surface area contributed by atoms with Crippen molar-refractivity contribution in [3.8, 4) is 5.75 Å². The van der Waals surface area contributed by atoms with Gasteiger partial charge in [0.2, 0.25) is 0 Å². The molecule has 0 saturated carbocycles. The number of hydrogen-bond acceptors (Lipinski definition) is 9. The van der Waals surface area contributed by atoms with Gasteiger partial charge in [0.1, 0.15) is 29.0 Å². The second-order valence-electron chi connectivity index (χ2n) is 5.58. The summed E-state index contributed by atoms with van der Waals surface area (Å²) in [4.78, 5) is 39.0. The Labute approximate surface area is 175 Å². The fourth-order valence-electron chi connectivity index (χ4n) is 2.28. The Hall–Kier alpha value is -3.18. The quantitative estimate of drug-likeness (QED) is 0.323. The number of nitrogens with zero attached hydrogens (tertiary/aromatic N) is 2. The first-order valence-corrected chi connectivity index (χ1v) is 10.2. The predicted octanol–water partition coefficient (Wildman–Crippen LogP) is 2.52. The summed E-state index contributed by atoms with van der Waals surface area (Å²) in [5, 5.41) is 2.84. The van der Waals surface area contributed by atoms with Gasteiger partial charge in [-0.15, -0.1) is 4.91 Å². The van der Waals surface area contributed by atoms with Crippen molar-refractivity contribution in [1.29, 1.82) is 0 Å². The van der Waals surface area contributed by atoms with Crippen LogP contribution in [0, 0.1) is 4.91 Å². The summed E-state index contributed by atoms with van der Waals surface area (Å²) < 4.78 is 30.4. The van der Waals surface area contributed by atoms with Crippen molar-refractivity contribution in [2.45, 2.75) is 18.7 Å². The summed E-state index contributed by atoms with van der Waals surface area (Å²) in [5.74, 6) is -1.21. The molecule has 1 atom stereocenters. The first-order chi connectivity index (χ1) is 14.5. The van der Waals surface area contributed by atoms with Crippen LogP contribution in [0.1, 0.15) is 34.8 Å². The SMILES string of the molecule is CCOC(=O)c1cc(OCCNS(=O)c2ccccc2N=O)cc(C(=O)OCC)n1. The van der Waals surface area contributed by atoms with E-state index in [1.165, 1.54) is 24.3 Å². The first kappa shape index (κ1) is 23.1. The van der Waals surface area contributed by atoms with Crippen molar-refractivity contribution >= 4 is 28.6 Å². The number of rotatable bonds is 11. The second kappa shape index (κ2) is 11.7. The minimum atomic E-state index is -1.67. The molecule has 1 unspecified atom stereocenters. The summed E-state index contributed by atoms with van der Waals surface area (Å²) in [6.45, 7) is 3.78. The smallest absolute Gasteiger partial charge is 0.357 e. The Bertz CT molecular complexity index is 900. The molecule has 0 amide bonds. The Balaban J connectivity index is 2.04. The lowest BCUT2D eigenvalue weighted by Gasteiger charge is -2.11. The van der Waals surface area contributed by atoms with Crippen LogP contribution < -0.4 is 9.46 Å². The number of benzene rings is 1. The summed E-state index contributed by atoms with van der Waals surface area (Å²) in [7, 11) is -1.67. The highest BCUT2D eigenvalue weighted by Crippen LogP contribution is 2.21. The van der Waals surface area contributed by atoms with Gasteiger partial charge in [0, 0.05) is 18.7 Å². The van der Waals surface area contributed by atoms with Crippen LogP contribution in [0.15, 0.2) is 46.5 Å². The highest BCUT2D eigenvalue weighted by molar-refractivity contribution is 7.83. The molecule has 10 nitrogen and oxygen atoms in total. The number of ether oxygens (including phenoxy) is 3. The highest BCUT2D eigenvalue weighted by atomic mass is 32.2. The third-order valence-corrected chi connectivity index (χ3v) is 4.75. The predicted molar refractivity (Wildman–Crippen MR) is 108 cm³/mol. The van der Waals surface area contributed by atoms with Crippen molar-refractivity contribution < 1.29 is 28.0 Å². The monoisotopic (exact) mass is 435 g/mol. The number of aromatic nitrogens is 1. The van der Waals surface area contributed by atoms with Crippen LogP contribution in [0.2, 0.25) is 0 Å². The van der Waals surface area contributed by atoms with Crippen LogP contribution >= 0.6 is 0 Å². The molecular formula is C19H21N3O7S. The first-order valence-electron chi connectivity index (χ1n) is 9.06. The fraction of sp³-hybridized carbons (Fsp3) is 0.316. The minimum Gasteiger partial charge on any atom is -0.492 e. The number of esters is 2. The Kier molecular flexibility index (Phi) is 9.03. The maximum absolute atomic E-state index is 12.3. The summed E-state index contributed by atoms with van der Waals surface area (Å²) in [5.41, 5.74) is -0.114. The maximum Gasteiger partial charge on any atom is 0.357 e. The van der Waals surface area contributed by atoms with E-state index in [-0.39, 0.29) is 54.1 Å². The zero-order valence-electron chi connectivity index (χ0n) is 16.5. The minimum absolute atomic E-state index is 0.0525. The molecule has 0 aliphatic rings.